The number of rotatable bonds is 1. The molecule has 0 unspecified atom stereocenters. The van der Waals surface area contributed by atoms with Crippen LogP contribution in [0.25, 0.3) is 10.9 Å². The first kappa shape index (κ1) is 10.7. The second kappa shape index (κ2) is 3.98. The third kappa shape index (κ3) is 1.59. The minimum atomic E-state index is -0.966. The zero-order valence-corrected chi connectivity index (χ0v) is 10.7. The summed E-state index contributed by atoms with van der Waals surface area (Å²) in [5.74, 6) is 0. The summed E-state index contributed by atoms with van der Waals surface area (Å²) in [4.78, 5) is 11.1. The predicted molar refractivity (Wildman–Crippen MR) is 65.7 cm³/mol. The Hall–Kier alpha value is -0.810. The van der Waals surface area contributed by atoms with E-state index in [2.05, 4.69) is 31.9 Å². The van der Waals surface area contributed by atoms with Gasteiger partial charge in [0.2, 0.25) is 0 Å². The average molecular weight is 333 g/mol. The van der Waals surface area contributed by atoms with Crippen LogP contribution in [-0.2, 0) is 5.33 Å². The molecule has 1 aromatic carbocycles. The maximum Gasteiger partial charge on any atom is 0.416 e. The van der Waals surface area contributed by atoms with E-state index in [9.17, 15) is 4.79 Å². The summed E-state index contributed by atoms with van der Waals surface area (Å²) >= 11 is 6.71. The molecule has 0 amide bonds. The van der Waals surface area contributed by atoms with Crippen molar-refractivity contribution in [3.05, 3.63) is 34.4 Å². The van der Waals surface area contributed by atoms with Crippen molar-refractivity contribution in [2.75, 3.05) is 0 Å². The first-order valence-electron chi connectivity index (χ1n) is 4.24. The molecule has 15 heavy (non-hydrogen) atoms. The molecule has 0 bridgehead atoms. The molecule has 0 radical (unpaired) electrons. The third-order valence-electron chi connectivity index (χ3n) is 2.22. The van der Waals surface area contributed by atoms with E-state index in [1.54, 1.807) is 6.07 Å². The molecule has 0 saturated carbocycles. The average Bonchev–Trinajstić information content (AvgIpc) is 2.52. The zero-order chi connectivity index (χ0) is 11.0. The van der Waals surface area contributed by atoms with Gasteiger partial charge in [-0.05, 0) is 22.0 Å². The summed E-state index contributed by atoms with van der Waals surface area (Å²) in [5, 5.41) is 10.5. The Balaban J connectivity index is 2.91. The van der Waals surface area contributed by atoms with Crippen LogP contribution < -0.4 is 0 Å². The molecular formula is C10H7Br2NO2. The van der Waals surface area contributed by atoms with Gasteiger partial charge in [-0.2, -0.15) is 0 Å². The summed E-state index contributed by atoms with van der Waals surface area (Å²) in [6, 6.07) is 7.40. The number of benzene rings is 1. The first-order chi connectivity index (χ1) is 7.16. The number of fused-ring (bicyclic) bond motifs is 1. The fourth-order valence-corrected chi connectivity index (χ4v) is 3.15. The van der Waals surface area contributed by atoms with Gasteiger partial charge in [0.25, 0.3) is 0 Å². The molecule has 0 saturated heterocycles. The van der Waals surface area contributed by atoms with Crippen LogP contribution in [0.2, 0.25) is 0 Å². The minimum absolute atomic E-state index is 0.495. The Kier molecular flexibility index (Phi) is 2.84. The van der Waals surface area contributed by atoms with Crippen molar-refractivity contribution >= 4 is 48.9 Å². The summed E-state index contributed by atoms with van der Waals surface area (Å²) in [5.41, 5.74) is 1.41. The standard InChI is InChI=1S/C10H7Br2NO2/c11-5-8-9(12)6-3-1-2-4-7(6)13(8)10(14)15/h1-4H,5H2,(H,14,15). The lowest BCUT2D eigenvalue weighted by atomic mass is 10.2. The fraction of sp³-hybridized carbons (Fsp3) is 0.100. The molecule has 5 heteroatoms. The minimum Gasteiger partial charge on any atom is -0.464 e. The van der Waals surface area contributed by atoms with Crippen molar-refractivity contribution in [1.82, 2.24) is 4.57 Å². The number of para-hydroxylation sites is 1. The van der Waals surface area contributed by atoms with Gasteiger partial charge in [-0.25, -0.2) is 9.36 Å². The highest BCUT2D eigenvalue weighted by molar-refractivity contribution is 9.11. The molecule has 0 atom stereocenters. The summed E-state index contributed by atoms with van der Waals surface area (Å²) in [6.07, 6.45) is -0.966. The number of halogens is 2. The van der Waals surface area contributed by atoms with E-state index in [-0.39, 0.29) is 0 Å². The van der Waals surface area contributed by atoms with Crippen molar-refractivity contribution in [2.45, 2.75) is 5.33 Å². The van der Waals surface area contributed by atoms with E-state index < -0.39 is 6.09 Å². The second-order valence-electron chi connectivity index (χ2n) is 3.03. The van der Waals surface area contributed by atoms with Gasteiger partial charge in [0, 0.05) is 15.2 Å². The van der Waals surface area contributed by atoms with E-state index in [0.29, 0.717) is 16.5 Å². The number of hydrogen-bond donors (Lipinski definition) is 1. The Morgan fingerprint density at radius 2 is 2.07 bits per heavy atom. The normalized spacial score (nSPS) is 10.8. The number of aromatic nitrogens is 1. The Bertz CT molecular complexity index is 533. The molecule has 0 aliphatic carbocycles. The highest BCUT2D eigenvalue weighted by atomic mass is 79.9. The molecule has 1 N–H and O–H groups in total. The lowest BCUT2D eigenvalue weighted by molar-refractivity contribution is 0.197. The van der Waals surface area contributed by atoms with E-state index in [1.165, 1.54) is 4.57 Å². The number of hydrogen-bond acceptors (Lipinski definition) is 1. The van der Waals surface area contributed by atoms with Gasteiger partial charge in [-0.1, -0.05) is 34.1 Å². The fourth-order valence-electron chi connectivity index (χ4n) is 1.59. The highest BCUT2D eigenvalue weighted by Gasteiger charge is 2.17. The van der Waals surface area contributed by atoms with Crippen LogP contribution in [0.1, 0.15) is 5.69 Å². The van der Waals surface area contributed by atoms with Crippen LogP contribution in [0.15, 0.2) is 28.7 Å². The van der Waals surface area contributed by atoms with Gasteiger partial charge in [0.05, 0.1) is 11.2 Å². The first-order valence-corrected chi connectivity index (χ1v) is 6.15. The Morgan fingerprint density at radius 1 is 1.40 bits per heavy atom. The van der Waals surface area contributed by atoms with Crippen molar-refractivity contribution < 1.29 is 9.90 Å². The zero-order valence-electron chi connectivity index (χ0n) is 7.58. The van der Waals surface area contributed by atoms with Crippen LogP contribution in [0.5, 0.6) is 0 Å². The molecule has 1 aromatic heterocycles. The maximum atomic E-state index is 11.1. The van der Waals surface area contributed by atoms with Crippen LogP contribution in [0, 0.1) is 0 Å². The Morgan fingerprint density at radius 3 is 2.67 bits per heavy atom. The summed E-state index contributed by atoms with van der Waals surface area (Å²) < 4.78 is 2.12. The van der Waals surface area contributed by atoms with Crippen LogP contribution in [-0.4, -0.2) is 15.8 Å². The summed E-state index contributed by atoms with van der Waals surface area (Å²) in [7, 11) is 0. The molecule has 3 nitrogen and oxygen atoms in total. The smallest absolute Gasteiger partial charge is 0.416 e. The monoisotopic (exact) mass is 331 g/mol. The topological polar surface area (TPSA) is 42.2 Å². The molecule has 0 spiro atoms. The predicted octanol–water partition coefficient (Wildman–Crippen LogP) is 3.82. The maximum absolute atomic E-state index is 11.1. The molecule has 1 heterocycles. The van der Waals surface area contributed by atoms with Gasteiger partial charge in [0.1, 0.15) is 0 Å². The SMILES string of the molecule is O=C(O)n1c(CBr)c(Br)c2ccccc21. The van der Waals surface area contributed by atoms with E-state index in [0.717, 1.165) is 9.86 Å². The lowest BCUT2D eigenvalue weighted by Gasteiger charge is -2.01. The number of nitrogens with zero attached hydrogens (tertiary/aromatic N) is 1. The quantitative estimate of drug-likeness (QED) is 0.806. The van der Waals surface area contributed by atoms with Crippen LogP contribution in [0.4, 0.5) is 4.79 Å². The van der Waals surface area contributed by atoms with Gasteiger partial charge in [-0.3, -0.25) is 0 Å². The van der Waals surface area contributed by atoms with Crippen molar-refractivity contribution in [1.29, 1.82) is 0 Å². The van der Waals surface area contributed by atoms with E-state index in [1.807, 2.05) is 18.2 Å². The molecule has 2 rings (SSSR count). The van der Waals surface area contributed by atoms with E-state index >= 15 is 0 Å². The van der Waals surface area contributed by atoms with Crippen LogP contribution in [0.3, 0.4) is 0 Å². The molecule has 0 aliphatic rings. The van der Waals surface area contributed by atoms with Gasteiger partial charge in [0.15, 0.2) is 0 Å². The number of alkyl halides is 1. The highest BCUT2D eigenvalue weighted by Crippen LogP contribution is 2.32. The van der Waals surface area contributed by atoms with E-state index in [4.69, 9.17) is 5.11 Å². The van der Waals surface area contributed by atoms with Gasteiger partial charge in [-0.15, -0.1) is 0 Å². The molecule has 0 aliphatic heterocycles. The summed E-state index contributed by atoms with van der Waals surface area (Å²) in [6.45, 7) is 0. The molecule has 2 aromatic rings. The van der Waals surface area contributed by atoms with Crippen LogP contribution >= 0.6 is 31.9 Å². The van der Waals surface area contributed by atoms with Crippen molar-refractivity contribution in [3.8, 4) is 0 Å². The molecular weight excluding hydrogens is 326 g/mol. The van der Waals surface area contributed by atoms with Gasteiger partial charge >= 0.3 is 6.09 Å². The van der Waals surface area contributed by atoms with Gasteiger partial charge < -0.3 is 5.11 Å². The molecule has 0 fully saturated rings. The van der Waals surface area contributed by atoms with Crippen molar-refractivity contribution in [2.24, 2.45) is 0 Å². The lowest BCUT2D eigenvalue weighted by Crippen LogP contribution is -2.10. The number of carbonyl (C=O) groups is 1. The third-order valence-corrected chi connectivity index (χ3v) is 3.64. The molecule has 78 valence electrons. The largest absolute Gasteiger partial charge is 0.464 e. The number of carboxylic acid groups (broad SMARTS) is 1. The van der Waals surface area contributed by atoms with Crippen molar-refractivity contribution in [3.63, 3.8) is 0 Å². The second-order valence-corrected chi connectivity index (χ2v) is 4.38. The Labute approximate surface area is 103 Å².